The summed E-state index contributed by atoms with van der Waals surface area (Å²) in [4.78, 5) is 0. The van der Waals surface area contributed by atoms with E-state index in [0.29, 0.717) is 0 Å². The van der Waals surface area contributed by atoms with E-state index in [9.17, 15) is 10.2 Å². The van der Waals surface area contributed by atoms with Crippen molar-refractivity contribution in [2.24, 2.45) is 0 Å². The molecule has 0 heterocycles. The van der Waals surface area contributed by atoms with Gasteiger partial charge in [0.15, 0.2) is 0 Å². The SMILES string of the molecule is OC1(C2(O)CCCC2)CCCC1. The van der Waals surface area contributed by atoms with E-state index >= 15 is 0 Å². The normalized spacial score (nSPS) is 32.5. The van der Waals surface area contributed by atoms with Gasteiger partial charge < -0.3 is 10.2 Å². The Morgan fingerprint density at radius 1 is 0.583 bits per heavy atom. The molecule has 70 valence electrons. The summed E-state index contributed by atoms with van der Waals surface area (Å²) in [7, 11) is 0. The van der Waals surface area contributed by atoms with Gasteiger partial charge in [-0.05, 0) is 25.7 Å². The van der Waals surface area contributed by atoms with Gasteiger partial charge in [-0.3, -0.25) is 0 Å². The first-order chi connectivity index (χ1) is 5.66. The van der Waals surface area contributed by atoms with Crippen LogP contribution in [0.5, 0.6) is 0 Å². The molecular weight excluding hydrogens is 152 g/mol. The highest BCUT2D eigenvalue weighted by molar-refractivity contribution is 5.04. The molecule has 0 radical (unpaired) electrons. The molecule has 0 aliphatic heterocycles. The summed E-state index contributed by atoms with van der Waals surface area (Å²) in [5.41, 5.74) is -1.47. The maximum absolute atomic E-state index is 10.2. The quantitative estimate of drug-likeness (QED) is 0.627. The molecule has 2 aliphatic rings. The Morgan fingerprint density at radius 3 is 1.08 bits per heavy atom. The van der Waals surface area contributed by atoms with Gasteiger partial charge in [-0.1, -0.05) is 25.7 Å². The van der Waals surface area contributed by atoms with Gasteiger partial charge in [0.05, 0.1) is 11.2 Å². The molecule has 0 atom stereocenters. The van der Waals surface area contributed by atoms with Crippen LogP contribution >= 0.6 is 0 Å². The fourth-order valence-corrected chi connectivity index (χ4v) is 2.85. The van der Waals surface area contributed by atoms with E-state index in [1.807, 2.05) is 0 Å². The second-order valence-electron chi connectivity index (χ2n) is 4.48. The van der Waals surface area contributed by atoms with Gasteiger partial charge in [0.2, 0.25) is 0 Å². The zero-order chi connectivity index (χ0) is 8.66. The summed E-state index contributed by atoms with van der Waals surface area (Å²) in [6.07, 6.45) is 7.56. The molecule has 2 saturated carbocycles. The molecule has 0 aromatic rings. The van der Waals surface area contributed by atoms with Gasteiger partial charge in [-0.25, -0.2) is 0 Å². The van der Waals surface area contributed by atoms with Crippen molar-refractivity contribution in [3.05, 3.63) is 0 Å². The first-order valence-corrected chi connectivity index (χ1v) is 5.11. The minimum absolute atomic E-state index is 0.733. The third-order valence-electron chi connectivity index (χ3n) is 3.73. The monoisotopic (exact) mass is 170 g/mol. The zero-order valence-electron chi connectivity index (χ0n) is 7.55. The van der Waals surface area contributed by atoms with Crippen molar-refractivity contribution in [3.8, 4) is 0 Å². The van der Waals surface area contributed by atoms with Gasteiger partial charge in [0, 0.05) is 0 Å². The molecule has 0 aromatic carbocycles. The molecule has 0 unspecified atom stereocenters. The molecule has 2 rings (SSSR count). The van der Waals surface area contributed by atoms with E-state index in [2.05, 4.69) is 0 Å². The van der Waals surface area contributed by atoms with E-state index in [4.69, 9.17) is 0 Å². The lowest BCUT2D eigenvalue weighted by Gasteiger charge is -2.38. The molecule has 2 fully saturated rings. The molecule has 0 bridgehead atoms. The number of rotatable bonds is 1. The zero-order valence-corrected chi connectivity index (χ0v) is 7.55. The average molecular weight is 170 g/mol. The van der Waals surface area contributed by atoms with Crippen LogP contribution in [0.2, 0.25) is 0 Å². The molecule has 2 nitrogen and oxygen atoms in total. The standard InChI is InChI=1S/C10H18O2/c11-9(5-1-2-6-9)10(12)7-3-4-8-10/h11-12H,1-8H2. The van der Waals surface area contributed by atoms with Crippen LogP contribution in [0.25, 0.3) is 0 Å². The largest absolute Gasteiger partial charge is 0.387 e. The first-order valence-electron chi connectivity index (χ1n) is 5.11. The molecule has 2 heteroatoms. The molecule has 0 saturated heterocycles. The van der Waals surface area contributed by atoms with E-state index in [-0.39, 0.29) is 0 Å². The number of aliphatic hydroxyl groups is 2. The molecular formula is C10H18O2. The summed E-state index contributed by atoms with van der Waals surface area (Å²) >= 11 is 0. The fraction of sp³-hybridized carbons (Fsp3) is 1.00. The molecule has 2 N–H and O–H groups in total. The highest BCUT2D eigenvalue weighted by Crippen LogP contribution is 2.46. The molecule has 2 aliphatic carbocycles. The van der Waals surface area contributed by atoms with E-state index in [1.165, 1.54) is 0 Å². The summed E-state index contributed by atoms with van der Waals surface area (Å²) < 4.78 is 0. The van der Waals surface area contributed by atoms with Crippen molar-refractivity contribution < 1.29 is 10.2 Å². The Kier molecular flexibility index (Phi) is 1.92. The van der Waals surface area contributed by atoms with Crippen LogP contribution in [0.4, 0.5) is 0 Å². The van der Waals surface area contributed by atoms with Crippen LogP contribution in [0.15, 0.2) is 0 Å². The smallest absolute Gasteiger partial charge is 0.0933 e. The number of hydrogen-bond acceptors (Lipinski definition) is 2. The minimum atomic E-state index is -0.733. The van der Waals surface area contributed by atoms with Gasteiger partial charge in [-0.15, -0.1) is 0 Å². The highest BCUT2D eigenvalue weighted by Gasteiger charge is 2.51. The van der Waals surface area contributed by atoms with Gasteiger partial charge >= 0.3 is 0 Å². The molecule has 0 amide bonds. The lowest BCUT2D eigenvalue weighted by atomic mass is 9.80. The van der Waals surface area contributed by atoms with Crippen LogP contribution in [-0.4, -0.2) is 21.4 Å². The lowest BCUT2D eigenvalue weighted by Crippen LogP contribution is -2.50. The minimum Gasteiger partial charge on any atom is -0.387 e. The van der Waals surface area contributed by atoms with Crippen LogP contribution in [0.1, 0.15) is 51.4 Å². The Morgan fingerprint density at radius 2 is 0.833 bits per heavy atom. The third kappa shape index (κ3) is 1.09. The predicted molar refractivity (Wildman–Crippen MR) is 46.8 cm³/mol. The summed E-state index contributed by atoms with van der Waals surface area (Å²) in [5, 5.41) is 20.4. The maximum atomic E-state index is 10.2. The van der Waals surface area contributed by atoms with Crippen molar-refractivity contribution in [1.29, 1.82) is 0 Å². The van der Waals surface area contributed by atoms with Gasteiger partial charge in [0.25, 0.3) is 0 Å². The van der Waals surface area contributed by atoms with Crippen molar-refractivity contribution in [1.82, 2.24) is 0 Å². The second-order valence-corrected chi connectivity index (χ2v) is 4.48. The van der Waals surface area contributed by atoms with Gasteiger partial charge in [0.1, 0.15) is 0 Å². The molecule has 0 spiro atoms. The van der Waals surface area contributed by atoms with Crippen LogP contribution in [-0.2, 0) is 0 Å². The first kappa shape index (κ1) is 8.52. The molecule has 0 aromatic heterocycles. The topological polar surface area (TPSA) is 40.5 Å². The Bertz CT molecular complexity index is 145. The van der Waals surface area contributed by atoms with Crippen LogP contribution in [0.3, 0.4) is 0 Å². The summed E-state index contributed by atoms with van der Waals surface area (Å²) in [5.74, 6) is 0. The molecule has 12 heavy (non-hydrogen) atoms. The van der Waals surface area contributed by atoms with Crippen molar-refractivity contribution in [2.75, 3.05) is 0 Å². The summed E-state index contributed by atoms with van der Waals surface area (Å²) in [6, 6.07) is 0. The Labute approximate surface area is 73.6 Å². The van der Waals surface area contributed by atoms with Gasteiger partial charge in [-0.2, -0.15) is 0 Å². The Hall–Kier alpha value is -0.0800. The predicted octanol–water partition coefficient (Wildman–Crippen LogP) is 1.60. The van der Waals surface area contributed by atoms with E-state index in [1.54, 1.807) is 0 Å². The van der Waals surface area contributed by atoms with Crippen molar-refractivity contribution in [2.45, 2.75) is 62.6 Å². The van der Waals surface area contributed by atoms with Crippen LogP contribution < -0.4 is 0 Å². The number of hydrogen-bond donors (Lipinski definition) is 2. The maximum Gasteiger partial charge on any atom is 0.0933 e. The third-order valence-corrected chi connectivity index (χ3v) is 3.73. The second kappa shape index (κ2) is 2.71. The average Bonchev–Trinajstić information content (AvgIpc) is 2.60. The lowest BCUT2D eigenvalue weighted by molar-refractivity contribution is -0.143. The van der Waals surface area contributed by atoms with E-state index < -0.39 is 11.2 Å². The van der Waals surface area contributed by atoms with E-state index in [0.717, 1.165) is 51.4 Å². The van der Waals surface area contributed by atoms with Crippen LogP contribution in [0, 0.1) is 0 Å². The summed E-state index contributed by atoms with van der Waals surface area (Å²) in [6.45, 7) is 0. The fourth-order valence-electron chi connectivity index (χ4n) is 2.85. The van der Waals surface area contributed by atoms with Crippen molar-refractivity contribution in [3.63, 3.8) is 0 Å². The Balaban J connectivity index is 2.14. The van der Waals surface area contributed by atoms with Crippen molar-refractivity contribution >= 4 is 0 Å². The highest BCUT2D eigenvalue weighted by atomic mass is 16.4.